The fourth-order valence-corrected chi connectivity index (χ4v) is 3.44. The summed E-state index contributed by atoms with van der Waals surface area (Å²) in [5, 5.41) is 0. The van der Waals surface area contributed by atoms with Gasteiger partial charge < -0.3 is 0 Å². The molecular weight excluding hydrogens is 496 g/mol. The van der Waals surface area contributed by atoms with Gasteiger partial charge in [0.2, 0.25) is 0 Å². The van der Waals surface area contributed by atoms with E-state index < -0.39 is 0 Å². The first kappa shape index (κ1) is 34.3. The third-order valence-corrected chi connectivity index (χ3v) is 6.05. The minimum absolute atomic E-state index is 0.524. The van der Waals surface area contributed by atoms with Crippen molar-refractivity contribution >= 4 is 0 Å². The third kappa shape index (κ3) is 12.9. The molecule has 0 unspecified atom stereocenters. The number of hydrogen-bond donors (Lipinski definition) is 0. The Morgan fingerprint density at radius 1 is 0.425 bits per heavy atom. The summed E-state index contributed by atoms with van der Waals surface area (Å²) in [5.41, 5.74) is 7.07. The van der Waals surface area contributed by atoms with E-state index in [2.05, 4.69) is 95.3 Å². The summed E-state index contributed by atoms with van der Waals surface area (Å²) in [7, 11) is 0. The summed E-state index contributed by atoms with van der Waals surface area (Å²) in [6.07, 6.45) is 14.4. The Labute approximate surface area is 241 Å². The van der Waals surface area contributed by atoms with Gasteiger partial charge in [-0.05, 0) is 73.6 Å². The van der Waals surface area contributed by atoms with Crippen molar-refractivity contribution in [1.29, 1.82) is 0 Å². The van der Waals surface area contributed by atoms with Crippen LogP contribution in [0.25, 0.3) is 0 Å². The van der Waals surface area contributed by atoms with Gasteiger partial charge in [-0.25, -0.2) is 39.9 Å². The molecular formula is C32H48N8. The lowest BCUT2D eigenvalue weighted by molar-refractivity contribution is 0.819. The topological polar surface area (TPSA) is 103 Å². The largest absolute Gasteiger partial charge is 0.245 e. The van der Waals surface area contributed by atoms with Crippen molar-refractivity contribution in [3.05, 3.63) is 95.1 Å². The predicted octanol–water partition coefficient (Wildman–Crippen LogP) is 7.63. The molecule has 0 fully saturated rings. The lowest BCUT2D eigenvalue weighted by atomic mass is 10.0. The van der Waals surface area contributed by atoms with Crippen LogP contribution in [0.2, 0.25) is 0 Å². The zero-order valence-electron chi connectivity index (χ0n) is 26.5. The van der Waals surface area contributed by atoms with Crippen LogP contribution in [-0.2, 0) is 0 Å². The van der Waals surface area contributed by atoms with Gasteiger partial charge >= 0.3 is 0 Å². The second kappa shape index (κ2) is 17.8. The molecule has 0 saturated carbocycles. The molecule has 4 rings (SSSR count). The molecule has 0 aliphatic carbocycles. The van der Waals surface area contributed by atoms with Crippen LogP contribution in [-0.4, -0.2) is 39.9 Å². The number of aromatic nitrogens is 8. The molecule has 0 aliphatic heterocycles. The minimum Gasteiger partial charge on any atom is -0.245 e. The fourth-order valence-electron chi connectivity index (χ4n) is 3.44. The van der Waals surface area contributed by atoms with Crippen molar-refractivity contribution in [2.45, 2.75) is 107 Å². The van der Waals surface area contributed by atoms with Gasteiger partial charge in [-0.2, -0.15) is 0 Å². The van der Waals surface area contributed by atoms with E-state index in [9.17, 15) is 0 Å². The van der Waals surface area contributed by atoms with Crippen LogP contribution in [0.4, 0.5) is 0 Å². The summed E-state index contributed by atoms with van der Waals surface area (Å²) in [5.74, 6) is 3.81. The molecule has 40 heavy (non-hydrogen) atoms. The molecule has 0 atom stereocenters. The summed E-state index contributed by atoms with van der Waals surface area (Å²) in [6, 6.07) is 0. The van der Waals surface area contributed by atoms with Crippen molar-refractivity contribution in [3.63, 3.8) is 0 Å². The number of nitrogens with zero attached hydrogens (tertiary/aromatic N) is 8. The average Bonchev–Trinajstić information content (AvgIpc) is 2.90. The van der Waals surface area contributed by atoms with E-state index >= 15 is 0 Å². The van der Waals surface area contributed by atoms with Gasteiger partial charge in [0.15, 0.2) is 0 Å². The van der Waals surface area contributed by atoms with Crippen molar-refractivity contribution < 1.29 is 0 Å². The lowest BCUT2D eigenvalue weighted by Gasteiger charge is -2.07. The average molecular weight is 545 g/mol. The van der Waals surface area contributed by atoms with Crippen LogP contribution in [0, 0.1) is 27.7 Å². The number of hydrogen-bond acceptors (Lipinski definition) is 8. The first-order valence-corrected chi connectivity index (χ1v) is 13.9. The number of rotatable bonds is 4. The van der Waals surface area contributed by atoms with Gasteiger partial charge in [0.05, 0.1) is 0 Å². The van der Waals surface area contributed by atoms with Crippen LogP contribution < -0.4 is 0 Å². The molecule has 0 aliphatic rings. The molecule has 0 saturated heterocycles. The van der Waals surface area contributed by atoms with Gasteiger partial charge in [0.25, 0.3) is 0 Å². The molecule has 0 spiro atoms. The predicted molar refractivity (Wildman–Crippen MR) is 163 cm³/mol. The fraction of sp³-hybridized carbons (Fsp3) is 0.500. The van der Waals surface area contributed by atoms with E-state index in [1.807, 2.05) is 64.9 Å². The Morgan fingerprint density at radius 2 is 0.875 bits per heavy atom. The van der Waals surface area contributed by atoms with E-state index in [-0.39, 0.29) is 0 Å². The lowest BCUT2D eigenvalue weighted by Crippen LogP contribution is -1.98. The van der Waals surface area contributed by atoms with Gasteiger partial charge in [-0.15, -0.1) is 0 Å². The highest BCUT2D eigenvalue weighted by Crippen LogP contribution is 2.16. The maximum Gasteiger partial charge on any atom is 0.125 e. The minimum atomic E-state index is 0.524. The molecule has 0 aromatic carbocycles. The van der Waals surface area contributed by atoms with E-state index in [0.29, 0.717) is 23.7 Å². The van der Waals surface area contributed by atoms with Crippen LogP contribution in [0.3, 0.4) is 0 Å². The zero-order chi connectivity index (χ0) is 30.2. The molecule has 216 valence electrons. The first-order chi connectivity index (χ1) is 18.8. The van der Waals surface area contributed by atoms with E-state index in [0.717, 1.165) is 23.0 Å². The van der Waals surface area contributed by atoms with Gasteiger partial charge in [-0.1, -0.05) is 55.4 Å². The smallest absolute Gasteiger partial charge is 0.125 e. The molecule has 4 heterocycles. The van der Waals surface area contributed by atoms with Crippen LogP contribution in [0.1, 0.15) is 124 Å². The quantitative estimate of drug-likeness (QED) is 0.258. The molecule has 4 aromatic rings. The summed E-state index contributed by atoms with van der Waals surface area (Å²) in [6.45, 7) is 25.0. The molecule has 8 nitrogen and oxygen atoms in total. The van der Waals surface area contributed by atoms with E-state index in [1.54, 1.807) is 12.7 Å². The normalized spacial score (nSPS) is 10.4. The van der Waals surface area contributed by atoms with Crippen molar-refractivity contribution in [2.24, 2.45) is 0 Å². The zero-order valence-corrected chi connectivity index (χ0v) is 26.5. The number of aryl methyl sites for hydroxylation is 4. The van der Waals surface area contributed by atoms with Crippen molar-refractivity contribution in [1.82, 2.24) is 39.9 Å². The molecule has 0 radical (unpaired) electrons. The summed E-state index contributed by atoms with van der Waals surface area (Å²) < 4.78 is 0. The Balaban J connectivity index is 0.000000267. The standard InChI is InChI=1S/C9H14N2.2C8H12N2.C7H10N2/c1-6(2)9-5-10-8(4)11-7(9)3;1-6(2)8-4-9-5-10-7(8)3;1-6(2)8-4-9-7(3)10-5-8;1-6(2)7-3-8-5-9-4-7/h5-6H,1-4H3;2*4-6H,1-3H3;3-6H,1-2H3. The molecule has 8 heteroatoms. The van der Waals surface area contributed by atoms with Crippen molar-refractivity contribution in [3.8, 4) is 0 Å². The second-order valence-electron chi connectivity index (χ2n) is 10.9. The highest BCUT2D eigenvalue weighted by Gasteiger charge is 2.04. The van der Waals surface area contributed by atoms with Gasteiger partial charge in [-0.3, -0.25) is 0 Å². The SMILES string of the molecule is CC(C)c1cncnc1.Cc1ncc(C(C)C)c(C)n1.Cc1ncc(C(C)C)cn1.Cc1ncncc1C(C)C. The van der Waals surface area contributed by atoms with Gasteiger partial charge in [0, 0.05) is 48.6 Å². The maximum absolute atomic E-state index is 4.28. The summed E-state index contributed by atoms with van der Waals surface area (Å²) >= 11 is 0. The van der Waals surface area contributed by atoms with Crippen LogP contribution in [0.5, 0.6) is 0 Å². The summed E-state index contributed by atoms with van der Waals surface area (Å²) in [4.78, 5) is 32.4. The maximum atomic E-state index is 4.28. The molecule has 0 bridgehead atoms. The van der Waals surface area contributed by atoms with Crippen LogP contribution >= 0.6 is 0 Å². The Morgan fingerprint density at radius 3 is 1.27 bits per heavy atom. The van der Waals surface area contributed by atoms with E-state index in [1.165, 1.54) is 22.3 Å². The third-order valence-electron chi connectivity index (χ3n) is 6.05. The molecule has 0 amide bonds. The molecule has 0 N–H and O–H groups in total. The highest BCUT2D eigenvalue weighted by atomic mass is 14.9. The highest BCUT2D eigenvalue weighted by molar-refractivity contribution is 5.19. The van der Waals surface area contributed by atoms with E-state index in [4.69, 9.17) is 0 Å². The Kier molecular flexibility index (Phi) is 15.3. The Bertz CT molecular complexity index is 1240. The van der Waals surface area contributed by atoms with Gasteiger partial charge in [0.1, 0.15) is 24.3 Å². The molecule has 4 aromatic heterocycles. The first-order valence-electron chi connectivity index (χ1n) is 13.9. The second-order valence-corrected chi connectivity index (χ2v) is 10.9. The Hall–Kier alpha value is -3.68. The monoisotopic (exact) mass is 544 g/mol. The van der Waals surface area contributed by atoms with Crippen LogP contribution in [0.15, 0.2) is 49.8 Å². The van der Waals surface area contributed by atoms with Crippen molar-refractivity contribution in [2.75, 3.05) is 0 Å².